The number of thioether (sulfide) groups is 1. The van der Waals surface area contributed by atoms with Crippen molar-refractivity contribution in [2.75, 3.05) is 5.32 Å². The number of ketones is 1. The van der Waals surface area contributed by atoms with Crippen molar-refractivity contribution in [3.05, 3.63) is 75.9 Å². The number of thiophene rings is 1. The number of aromatic nitrogens is 2. The molecular formula is C24H21N3O3S2. The molecule has 6 nitrogen and oxygen atoms in total. The summed E-state index contributed by atoms with van der Waals surface area (Å²) in [6.07, 6.45) is 0. The van der Waals surface area contributed by atoms with E-state index in [4.69, 9.17) is 0 Å². The van der Waals surface area contributed by atoms with Crippen molar-refractivity contribution in [3.63, 3.8) is 0 Å². The topological polar surface area (TPSA) is 81.1 Å². The molecule has 0 radical (unpaired) electrons. The Morgan fingerprint density at radius 3 is 2.44 bits per heavy atom. The number of hydrogen-bond acceptors (Lipinski definition) is 6. The SMILES string of the molecule is CC(=O)c1ccc(NC(=O)C(C)Sc2nc3scc(-c4ccccc4)c3c(=O)n2C)cc1. The van der Waals surface area contributed by atoms with Gasteiger partial charge in [0.05, 0.1) is 10.6 Å². The average Bonchev–Trinajstić information content (AvgIpc) is 3.22. The molecule has 0 fully saturated rings. The molecule has 1 N–H and O–H groups in total. The summed E-state index contributed by atoms with van der Waals surface area (Å²) in [7, 11) is 1.68. The molecule has 162 valence electrons. The third kappa shape index (κ3) is 4.37. The number of rotatable bonds is 6. The summed E-state index contributed by atoms with van der Waals surface area (Å²) in [4.78, 5) is 42.5. The van der Waals surface area contributed by atoms with Crippen molar-refractivity contribution < 1.29 is 9.59 Å². The first kappa shape index (κ1) is 22.0. The second-order valence-corrected chi connectivity index (χ2v) is 9.50. The van der Waals surface area contributed by atoms with Crippen LogP contribution in [0.4, 0.5) is 5.69 Å². The number of nitrogens with zero attached hydrogens (tertiary/aromatic N) is 2. The van der Waals surface area contributed by atoms with E-state index in [1.54, 1.807) is 38.2 Å². The highest BCUT2D eigenvalue weighted by atomic mass is 32.2. The van der Waals surface area contributed by atoms with Gasteiger partial charge in [-0.05, 0) is 43.7 Å². The van der Waals surface area contributed by atoms with Gasteiger partial charge in [-0.15, -0.1) is 11.3 Å². The summed E-state index contributed by atoms with van der Waals surface area (Å²) >= 11 is 2.65. The van der Waals surface area contributed by atoms with E-state index in [9.17, 15) is 14.4 Å². The smallest absolute Gasteiger partial charge is 0.263 e. The summed E-state index contributed by atoms with van der Waals surface area (Å²) in [6.45, 7) is 3.26. The lowest BCUT2D eigenvalue weighted by Gasteiger charge is -2.14. The Morgan fingerprint density at radius 2 is 1.78 bits per heavy atom. The van der Waals surface area contributed by atoms with Crippen molar-refractivity contribution in [3.8, 4) is 11.1 Å². The van der Waals surface area contributed by atoms with E-state index < -0.39 is 5.25 Å². The Labute approximate surface area is 193 Å². The van der Waals surface area contributed by atoms with E-state index in [0.717, 1.165) is 11.1 Å². The third-order valence-corrected chi connectivity index (χ3v) is 7.09. The molecule has 2 aromatic heterocycles. The summed E-state index contributed by atoms with van der Waals surface area (Å²) in [5.74, 6) is -0.241. The zero-order valence-corrected chi connectivity index (χ0v) is 19.4. The van der Waals surface area contributed by atoms with E-state index in [-0.39, 0.29) is 17.2 Å². The van der Waals surface area contributed by atoms with E-state index in [1.807, 2.05) is 35.7 Å². The molecule has 0 saturated carbocycles. The minimum absolute atomic E-state index is 0.0295. The van der Waals surface area contributed by atoms with Crippen molar-refractivity contribution in [1.82, 2.24) is 9.55 Å². The van der Waals surface area contributed by atoms with Crippen LogP contribution in [0.2, 0.25) is 0 Å². The first-order chi connectivity index (χ1) is 15.3. The van der Waals surface area contributed by atoms with Crippen molar-refractivity contribution in [2.45, 2.75) is 24.3 Å². The first-order valence-corrected chi connectivity index (χ1v) is 11.7. The van der Waals surface area contributed by atoms with E-state index >= 15 is 0 Å². The van der Waals surface area contributed by atoms with Gasteiger partial charge in [-0.2, -0.15) is 0 Å². The van der Waals surface area contributed by atoms with Crippen LogP contribution in [-0.4, -0.2) is 26.5 Å². The van der Waals surface area contributed by atoms with E-state index in [2.05, 4.69) is 10.3 Å². The standard InChI is InChI=1S/C24H21N3O3S2/c1-14(28)16-9-11-18(12-10-16)25-21(29)15(2)32-24-26-22-20(23(30)27(24)3)19(13-31-22)17-7-5-4-6-8-17/h4-13,15H,1-3H3,(H,25,29). The molecule has 1 atom stereocenters. The minimum Gasteiger partial charge on any atom is -0.325 e. The molecule has 0 aliphatic heterocycles. The highest BCUT2D eigenvalue weighted by molar-refractivity contribution is 8.00. The summed E-state index contributed by atoms with van der Waals surface area (Å²) in [5.41, 5.74) is 2.90. The van der Waals surface area contributed by atoms with Crippen LogP contribution in [0, 0.1) is 0 Å². The molecule has 4 rings (SSSR count). The molecule has 0 aliphatic carbocycles. The monoisotopic (exact) mass is 463 g/mol. The maximum atomic E-state index is 13.1. The Bertz CT molecular complexity index is 1360. The fraction of sp³-hybridized carbons (Fsp3) is 0.167. The molecule has 1 amide bonds. The van der Waals surface area contributed by atoms with Crippen LogP contribution in [0.3, 0.4) is 0 Å². The summed E-state index contributed by atoms with van der Waals surface area (Å²) in [5, 5.41) is 5.39. The lowest BCUT2D eigenvalue weighted by Crippen LogP contribution is -2.25. The Morgan fingerprint density at radius 1 is 1.09 bits per heavy atom. The Balaban J connectivity index is 1.56. The fourth-order valence-corrected chi connectivity index (χ4v) is 5.10. The Hall–Kier alpha value is -3.23. The first-order valence-electron chi connectivity index (χ1n) is 9.97. The quantitative estimate of drug-likeness (QED) is 0.248. The molecule has 4 aromatic rings. The number of hydrogen-bond donors (Lipinski definition) is 1. The highest BCUT2D eigenvalue weighted by Gasteiger charge is 2.20. The zero-order chi connectivity index (χ0) is 22.8. The third-order valence-electron chi connectivity index (χ3n) is 5.07. The minimum atomic E-state index is -0.480. The number of amides is 1. The molecular weight excluding hydrogens is 442 g/mol. The van der Waals surface area contributed by atoms with Gasteiger partial charge < -0.3 is 5.32 Å². The normalized spacial score (nSPS) is 12.0. The molecule has 0 saturated heterocycles. The van der Waals surface area contributed by atoms with Gasteiger partial charge in [0.1, 0.15) is 4.83 Å². The number of carbonyl (C=O) groups is 2. The second kappa shape index (κ2) is 9.10. The maximum Gasteiger partial charge on any atom is 0.263 e. The lowest BCUT2D eigenvalue weighted by atomic mass is 10.1. The van der Waals surface area contributed by atoms with E-state index in [1.165, 1.54) is 34.6 Å². The molecule has 0 spiro atoms. The van der Waals surface area contributed by atoms with Gasteiger partial charge >= 0.3 is 0 Å². The van der Waals surface area contributed by atoms with Gasteiger partial charge in [0.25, 0.3) is 5.56 Å². The number of nitrogens with one attached hydrogen (secondary N) is 1. The summed E-state index contributed by atoms with van der Waals surface area (Å²) in [6, 6.07) is 16.5. The van der Waals surface area contributed by atoms with Crippen LogP contribution in [0.5, 0.6) is 0 Å². The number of anilines is 1. The number of benzene rings is 2. The van der Waals surface area contributed by atoms with E-state index in [0.29, 0.717) is 26.6 Å². The van der Waals surface area contributed by atoms with Gasteiger partial charge in [0.2, 0.25) is 5.91 Å². The molecule has 1 unspecified atom stereocenters. The van der Waals surface area contributed by atoms with Gasteiger partial charge in [-0.3, -0.25) is 19.0 Å². The van der Waals surface area contributed by atoms with Gasteiger partial charge in [-0.25, -0.2) is 4.98 Å². The molecule has 8 heteroatoms. The number of Topliss-reactive ketones (excluding diaryl/α,β-unsaturated/α-hetero) is 1. The molecule has 32 heavy (non-hydrogen) atoms. The van der Waals surface area contributed by atoms with Crippen molar-refractivity contribution >= 4 is 50.7 Å². The number of carbonyl (C=O) groups excluding carboxylic acids is 2. The molecule has 0 bridgehead atoms. The zero-order valence-electron chi connectivity index (χ0n) is 17.8. The molecule has 2 heterocycles. The fourth-order valence-electron chi connectivity index (χ4n) is 3.23. The van der Waals surface area contributed by atoms with Crippen LogP contribution < -0.4 is 10.9 Å². The highest BCUT2D eigenvalue weighted by Crippen LogP contribution is 2.32. The predicted octanol–water partition coefficient (Wildman–Crippen LogP) is 4.98. The van der Waals surface area contributed by atoms with Crippen LogP contribution in [0.15, 0.2) is 69.9 Å². The van der Waals surface area contributed by atoms with Gasteiger partial charge in [0, 0.05) is 29.2 Å². The predicted molar refractivity (Wildman–Crippen MR) is 131 cm³/mol. The maximum absolute atomic E-state index is 13.1. The van der Waals surface area contributed by atoms with Crippen LogP contribution in [0.1, 0.15) is 24.2 Å². The summed E-state index contributed by atoms with van der Waals surface area (Å²) < 4.78 is 1.50. The molecule has 0 aliphatic rings. The van der Waals surface area contributed by atoms with Crippen molar-refractivity contribution in [2.24, 2.45) is 7.05 Å². The van der Waals surface area contributed by atoms with Crippen LogP contribution >= 0.6 is 23.1 Å². The van der Waals surface area contributed by atoms with Gasteiger partial charge in [-0.1, -0.05) is 42.1 Å². The lowest BCUT2D eigenvalue weighted by molar-refractivity contribution is -0.115. The largest absolute Gasteiger partial charge is 0.325 e. The second-order valence-electron chi connectivity index (χ2n) is 7.34. The van der Waals surface area contributed by atoms with Crippen LogP contribution in [-0.2, 0) is 11.8 Å². The van der Waals surface area contributed by atoms with Gasteiger partial charge in [0.15, 0.2) is 10.9 Å². The Kier molecular flexibility index (Phi) is 6.25. The molecule has 2 aromatic carbocycles. The average molecular weight is 464 g/mol. The number of fused-ring (bicyclic) bond motifs is 1. The van der Waals surface area contributed by atoms with Crippen molar-refractivity contribution in [1.29, 1.82) is 0 Å². The van der Waals surface area contributed by atoms with Crippen LogP contribution in [0.25, 0.3) is 21.3 Å².